The van der Waals surface area contributed by atoms with Crippen LogP contribution in [0.2, 0.25) is 0 Å². The number of methoxy groups -OCH3 is 1. The summed E-state index contributed by atoms with van der Waals surface area (Å²) in [4.78, 5) is 12.0. The molecule has 0 heterocycles. The molecule has 0 saturated heterocycles. The second-order valence-corrected chi connectivity index (χ2v) is 6.08. The molecule has 1 aromatic rings. The minimum Gasteiger partial charge on any atom is -0.497 e. The molecule has 4 nitrogen and oxygen atoms in total. The number of hydrogen-bond acceptors (Lipinski definition) is 3. The van der Waals surface area contributed by atoms with Crippen LogP contribution in [0.3, 0.4) is 0 Å². The highest BCUT2D eigenvalue weighted by Gasteiger charge is 2.37. The van der Waals surface area contributed by atoms with Crippen LogP contribution >= 0.6 is 12.4 Å². The highest BCUT2D eigenvalue weighted by molar-refractivity contribution is 5.85. The first-order chi connectivity index (χ1) is 9.65. The molecule has 2 aliphatic carbocycles. The number of amides is 1. The molecular weight excluding hydrogens is 288 g/mol. The van der Waals surface area contributed by atoms with Gasteiger partial charge in [0.1, 0.15) is 5.75 Å². The van der Waals surface area contributed by atoms with Gasteiger partial charge < -0.3 is 15.8 Å². The number of hydrogen-bond donors (Lipinski definition) is 2. The van der Waals surface area contributed by atoms with Gasteiger partial charge in [0.2, 0.25) is 5.91 Å². The quantitative estimate of drug-likeness (QED) is 0.896. The molecule has 0 spiro atoms. The third-order valence-electron chi connectivity index (χ3n) is 4.62. The Labute approximate surface area is 131 Å². The molecule has 0 atom stereocenters. The summed E-state index contributed by atoms with van der Waals surface area (Å²) in [6.45, 7) is 0. The van der Waals surface area contributed by atoms with Crippen LogP contribution in [-0.4, -0.2) is 25.1 Å². The Bertz CT molecular complexity index is 480. The fourth-order valence-electron chi connectivity index (χ4n) is 3.08. The molecule has 2 saturated carbocycles. The van der Waals surface area contributed by atoms with E-state index in [1.807, 2.05) is 12.1 Å². The maximum Gasteiger partial charge on any atom is 0.223 e. The Morgan fingerprint density at radius 3 is 2.33 bits per heavy atom. The molecule has 0 bridgehead atoms. The maximum atomic E-state index is 12.0. The lowest BCUT2D eigenvalue weighted by Crippen LogP contribution is -2.52. The SMILES string of the molecule is COc1ccc(C2CC(C(=O)NC3CC(N)C3)C2)cc1.Cl. The molecule has 21 heavy (non-hydrogen) atoms. The summed E-state index contributed by atoms with van der Waals surface area (Å²) in [7, 11) is 1.67. The van der Waals surface area contributed by atoms with Crippen molar-refractivity contribution in [2.75, 3.05) is 7.11 Å². The van der Waals surface area contributed by atoms with Crippen molar-refractivity contribution in [1.29, 1.82) is 0 Å². The van der Waals surface area contributed by atoms with E-state index in [-0.39, 0.29) is 30.3 Å². The largest absolute Gasteiger partial charge is 0.497 e. The summed E-state index contributed by atoms with van der Waals surface area (Å²) in [6.07, 6.45) is 3.77. The predicted octanol–water partition coefficient (Wildman–Crippen LogP) is 2.22. The van der Waals surface area contributed by atoms with Gasteiger partial charge in [0.25, 0.3) is 0 Å². The van der Waals surface area contributed by atoms with Gasteiger partial charge >= 0.3 is 0 Å². The zero-order valence-electron chi connectivity index (χ0n) is 12.2. The van der Waals surface area contributed by atoms with E-state index in [0.29, 0.717) is 12.0 Å². The number of nitrogens with two attached hydrogens (primary N) is 1. The van der Waals surface area contributed by atoms with Gasteiger partial charge in [-0.05, 0) is 49.3 Å². The molecule has 116 valence electrons. The normalized spacial score (nSPS) is 30.4. The minimum atomic E-state index is 0. The summed E-state index contributed by atoms with van der Waals surface area (Å²) < 4.78 is 5.16. The third kappa shape index (κ3) is 3.50. The second-order valence-electron chi connectivity index (χ2n) is 6.08. The molecule has 1 amide bonds. The van der Waals surface area contributed by atoms with Crippen molar-refractivity contribution >= 4 is 18.3 Å². The maximum absolute atomic E-state index is 12.0. The van der Waals surface area contributed by atoms with Crippen molar-refractivity contribution < 1.29 is 9.53 Å². The van der Waals surface area contributed by atoms with E-state index >= 15 is 0 Å². The topological polar surface area (TPSA) is 64.3 Å². The van der Waals surface area contributed by atoms with Gasteiger partial charge in [0, 0.05) is 18.0 Å². The molecule has 0 unspecified atom stereocenters. The first-order valence-corrected chi connectivity index (χ1v) is 7.35. The summed E-state index contributed by atoms with van der Waals surface area (Å²) in [6, 6.07) is 8.77. The molecule has 0 radical (unpaired) electrons. The second kappa shape index (κ2) is 6.67. The predicted molar refractivity (Wildman–Crippen MR) is 84.8 cm³/mol. The Kier molecular flexibility index (Phi) is 5.12. The van der Waals surface area contributed by atoms with Crippen LogP contribution in [0.4, 0.5) is 0 Å². The third-order valence-corrected chi connectivity index (χ3v) is 4.62. The molecule has 0 aromatic heterocycles. The Morgan fingerprint density at radius 1 is 1.19 bits per heavy atom. The number of benzene rings is 1. The van der Waals surface area contributed by atoms with Gasteiger partial charge in [-0.25, -0.2) is 0 Å². The van der Waals surface area contributed by atoms with E-state index in [2.05, 4.69) is 17.4 Å². The van der Waals surface area contributed by atoms with E-state index in [0.717, 1.165) is 31.4 Å². The summed E-state index contributed by atoms with van der Waals surface area (Å²) in [5.74, 6) is 1.79. The van der Waals surface area contributed by atoms with E-state index < -0.39 is 0 Å². The van der Waals surface area contributed by atoms with Crippen LogP contribution in [0.25, 0.3) is 0 Å². The number of carbonyl (C=O) groups is 1. The summed E-state index contributed by atoms with van der Waals surface area (Å²) in [5, 5.41) is 3.10. The van der Waals surface area contributed by atoms with Gasteiger partial charge in [-0.2, -0.15) is 0 Å². The van der Waals surface area contributed by atoms with Crippen LogP contribution < -0.4 is 15.8 Å². The molecule has 1 aromatic carbocycles. The molecule has 2 aliphatic rings. The minimum absolute atomic E-state index is 0. The Balaban J connectivity index is 0.00000161. The molecule has 2 fully saturated rings. The number of nitrogens with one attached hydrogen (secondary N) is 1. The highest BCUT2D eigenvalue weighted by atomic mass is 35.5. The first-order valence-electron chi connectivity index (χ1n) is 7.35. The van der Waals surface area contributed by atoms with Crippen LogP contribution in [0.5, 0.6) is 5.75 Å². The summed E-state index contributed by atoms with van der Waals surface area (Å²) in [5.41, 5.74) is 7.03. The standard InChI is InChI=1S/C16H22N2O2.ClH/c1-20-15-4-2-10(3-5-15)11-6-12(7-11)16(19)18-14-8-13(17)9-14;/h2-5,11-14H,6-9,17H2,1H3,(H,18,19);1H. The average Bonchev–Trinajstić information content (AvgIpc) is 2.36. The Morgan fingerprint density at radius 2 is 1.81 bits per heavy atom. The van der Waals surface area contributed by atoms with E-state index in [4.69, 9.17) is 10.5 Å². The van der Waals surface area contributed by atoms with Crippen molar-refractivity contribution in [3.8, 4) is 5.75 Å². The number of halogens is 1. The van der Waals surface area contributed by atoms with Gasteiger partial charge in [0.05, 0.1) is 7.11 Å². The zero-order valence-corrected chi connectivity index (χ0v) is 13.1. The van der Waals surface area contributed by atoms with Gasteiger partial charge in [-0.3, -0.25) is 4.79 Å². The zero-order chi connectivity index (χ0) is 14.1. The lowest BCUT2D eigenvalue weighted by molar-refractivity contribution is -0.129. The smallest absolute Gasteiger partial charge is 0.223 e. The van der Waals surface area contributed by atoms with Gasteiger partial charge in [-0.15, -0.1) is 12.4 Å². The van der Waals surface area contributed by atoms with Crippen molar-refractivity contribution in [1.82, 2.24) is 5.32 Å². The van der Waals surface area contributed by atoms with E-state index in [1.165, 1.54) is 5.56 Å². The fourth-order valence-corrected chi connectivity index (χ4v) is 3.08. The van der Waals surface area contributed by atoms with Crippen LogP contribution in [0.15, 0.2) is 24.3 Å². The van der Waals surface area contributed by atoms with Crippen molar-refractivity contribution in [2.24, 2.45) is 11.7 Å². The van der Waals surface area contributed by atoms with Crippen LogP contribution in [-0.2, 0) is 4.79 Å². The molecular formula is C16H23ClN2O2. The number of carbonyl (C=O) groups excluding carboxylic acids is 1. The van der Waals surface area contributed by atoms with Gasteiger partial charge in [-0.1, -0.05) is 12.1 Å². The average molecular weight is 311 g/mol. The monoisotopic (exact) mass is 310 g/mol. The van der Waals surface area contributed by atoms with Crippen molar-refractivity contribution in [3.05, 3.63) is 29.8 Å². The number of rotatable bonds is 4. The van der Waals surface area contributed by atoms with E-state index in [1.54, 1.807) is 7.11 Å². The van der Waals surface area contributed by atoms with Crippen molar-refractivity contribution in [3.63, 3.8) is 0 Å². The lowest BCUT2D eigenvalue weighted by atomic mass is 9.70. The fraction of sp³-hybridized carbons (Fsp3) is 0.562. The molecule has 5 heteroatoms. The first kappa shape index (κ1) is 16.1. The molecule has 0 aliphatic heterocycles. The van der Waals surface area contributed by atoms with Gasteiger partial charge in [0.15, 0.2) is 0 Å². The molecule has 3 N–H and O–H groups in total. The van der Waals surface area contributed by atoms with E-state index in [9.17, 15) is 4.79 Å². The Hall–Kier alpha value is -1.26. The number of ether oxygens (including phenoxy) is 1. The van der Waals surface area contributed by atoms with Crippen LogP contribution in [0.1, 0.15) is 37.2 Å². The lowest BCUT2D eigenvalue weighted by Gasteiger charge is -2.38. The summed E-state index contributed by atoms with van der Waals surface area (Å²) >= 11 is 0. The van der Waals surface area contributed by atoms with Crippen LogP contribution in [0, 0.1) is 5.92 Å². The highest BCUT2D eigenvalue weighted by Crippen LogP contribution is 2.42. The van der Waals surface area contributed by atoms with Crippen molar-refractivity contribution in [2.45, 2.75) is 43.7 Å². The molecule has 3 rings (SSSR count).